The summed E-state index contributed by atoms with van der Waals surface area (Å²) >= 11 is 0. The Kier molecular flexibility index (Phi) is 4.02. The molecule has 0 aliphatic heterocycles. The van der Waals surface area contributed by atoms with Crippen LogP contribution in [0.4, 0.5) is 18.9 Å². The summed E-state index contributed by atoms with van der Waals surface area (Å²) in [7, 11) is 0. The van der Waals surface area contributed by atoms with Crippen molar-refractivity contribution in [1.82, 2.24) is 0 Å². The summed E-state index contributed by atoms with van der Waals surface area (Å²) in [4.78, 5) is 0. The van der Waals surface area contributed by atoms with Crippen molar-refractivity contribution in [2.24, 2.45) is 0 Å². The Morgan fingerprint density at radius 3 is 2.20 bits per heavy atom. The second-order valence-electron chi connectivity index (χ2n) is 4.87. The number of rotatable bonds is 3. The lowest BCUT2D eigenvalue weighted by molar-refractivity contribution is -0.137. The van der Waals surface area contributed by atoms with Gasteiger partial charge < -0.3 is 5.32 Å². The SMILES string of the molecule is Cc1ccc(C)c(NCc2ccc(C(F)(F)F)cc2)c1. The van der Waals surface area contributed by atoms with E-state index in [-0.39, 0.29) is 0 Å². The van der Waals surface area contributed by atoms with Gasteiger partial charge in [-0.05, 0) is 48.7 Å². The zero-order valence-corrected chi connectivity index (χ0v) is 11.4. The van der Waals surface area contributed by atoms with Crippen LogP contribution < -0.4 is 5.32 Å². The molecule has 0 heterocycles. The molecule has 0 atom stereocenters. The lowest BCUT2D eigenvalue weighted by Crippen LogP contribution is -2.06. The first-order valence-corrected chi connectivity index (χ1v) is 6.33. The van der Waals surface area contributed by atoms with Gasteiger partial charge in [0.05, 0.1) is 5.56 Å². The van der Waals surface area contributed by atoms with E-state index in [0.717, 1.165) is 34.5 Å². The minimum atomic E-state index is -4.28. The maximum atomic E-state index is 12.5. The van der Waals surface area contributed by atoms with Crippen LogP contribution in [0.1, 0.15) is 22.3 Å². The van der Waals surface area contributed by atoms with Gasteiger partial charge >= 0.3 is 6.18 Å². The number of hydrogen-bond acceptors (Lipinski definition) is 1. The van der Waals surface area contributed by atoms with Crippen LogP contribution >= 0.6 is 0 Å². The quantitative estimate of drug-likeness (QED) is 0.839. The molecule has 0 aromatic heterocycles. The van der Waals surface area contributed by atoms with Crippen LogP contribution in [-0.4, -0.2) is 0 Å². The van der Waals surface area contributed by atoms with Gasteiger partial charge in [0.25, 0.3) is 0 Å². The summed E-state index contributed by atoms with van der Waals surface area (Å²) in [5, 5.41) is 3.25. The van der Waals surface area contributed by atoms with Crippen LogP contribution in [0.3, 0.4) is 0 Å². The van der Waals surface area contributed by atoms with Crippen LogP contribution in [0.25, 0.3) is 0 Å². The molecule has 0 amide bonds. The zero-order valence-electron chi connectivity index (χ0n) is 11.4. The summed E-state index contributed by atoms with van der Waals surface area (Å²) in [6.07, 6.45) is -4.28. The summed E-state index contributed by atoms with van der Waals surface area (Å²) < 4.78 is 37.4. The number of nitrogens with one attached hydrogen (secondary N) is 1. The van der Waals surface area contributed by atoms with E-state index < -0.39 is 11.7 Å². The first-order chi connectivity index (χ1) is 9.36. The molecule has 0 fully saturated rings. The predicted octanol–water partition coefficient (Wildman–Crippen LogP) is 4.93. The van der Waals surface area contributed by atoms with Gasteiger partial charge in [0.15, 0.2) is 0 Å². The van der Waals surface area contributed by atoms with Crippen LogP contribution in [0.2, 0.25) is 0 Å². The van der Waals surface area contributed by atoms with Crippen molar-refractivity contribution in [3.8, 4) is 0 Å². The molecule has 0 bridgehead atoms. The molecule has 0 spiro atoms. The first kappa shape index (κ1) is 14.4. The Morgan fingerprint density at radius 2 is 1.60 bits per heavy atom. The summed E-state index contributed by atoms with van der Waals surface area (Å²) in [5.41, 5.74) is 3.46. The molecule has 4 heteroatoms. The van der Waals surface area contributed by atoms with Gasteiger partial charge in [-0.25, -0.2) is 0 Å². The molecule has 0 aliphatic carbocycles. The molecule has 106 valence electrons. The molecule has 0 saturated heterocycles. The Balaban J connectivity index is 2.06. The minimum absolute atomic E-state index is 0.502. The van der Waals surface area contributed by atoms with E-state index >= 15 is 0 Å². The minimum Gasteiger partial charge on any atom is -0.381 e. The van der Waals surface area contributed by atoms with E-state index in [1.807, 2.05) is 32.0 Å². The zero-order chi connectivity index (χ0) is 14.8. The third kappa shape index (κ3) is 3.53. The second-order valence-corrected chi connectivity index (χ2v) is 4.87. The third-order valence-corrected chi connectivity index (χ3v) is 3.16. The molecular weight excluding hydrogens is 263 g/mol. The Labute approximate surface area is 116 Å². The number of aryl methyl sites for hydroxylation is 2. The van der Waals surface area contributed by atoms with Gasteiger partial charge in [0, 0.05) is 12.2 Å². The van der Waals surface area contributed by atoms with Crippen molar-refractivity contribution < 1.29 is 13.2 Å². The fraction of sp³-hybridized carbons (Fsp3) is 0.250. The van der Waals surface area contributed by atoms with Gasteiger partial charge in [-0.15, -0.1) is 0 Å². The van der Waals surface area contributed by atoms with Crippen LogP contribution in [-0.2, 0) is 12.7 Å². The van der Waals surface area contributed by atoms with Gasteiger partial charge in [0.2, 0.25) is 0 Å². The van der Waals surface area contributed by atoms with E-state index in [4.69, 9.17) is 0 Å². The fourth-order valence-corrected chi connectivity index (χ4v) is 1.94. The van der Waals surface area contributed by atoms with Crippen LogP contribution in [0.15, 0.2) is 42.5 Å². The highest BCUT2D eigenvalue weighted by Crippen LogP contribution is 2.29. The normalized spacial score (nSPS) is 11.4. The van der Waals surface area contributed by atoms with E-state index in [1.165, 1.54) is 12.1 Å². The molecule has 2 rings (SSSR count). The molecule has 1 nitrogen and oxygen atoms in total. The predicted molar refractivity (Wildman–Crippen MR) is 74.7 cm³/mol. The topological polar surface area (TPSA) is 12.0 Å². The number of hydrogen-bond donors (Lipinski definition) is 1. The second kappa shape index (κ2) is 5.57. The molecule has 0 aliphatic rings. The summed E-state index contributed by atoms with van der Waals surface area (Å²) in [6, 6.07) is 11.3. The molecule has 0 unspecified atom stereocenters. The van der Waals surface area contributed by atoms with E-state index in [9.17, 15) is 13.2 Å². The smallest absolute Gasteiger partial charge is 0.381 e. The number of anilines is 1. The maximum Gasteiger partial charge on any atom is 0.416 e. The number of halogens is 3. The van der Waals surface area contributed by atoms with Crippen molar-refractivity contribution in [1.29, 1.82) is 0 Å². The van der Waals surface area contributed by atoms with Gasteiger partial charge in [-0.2, -0.15) is 13.2 Å². The molecular formula is C16H16F3N. The standard InChI is InChI=1S/C16H16F3N/c1-11-3-4-12(2)15(9-11)20-10-13-5-7-14(8-6-13)16(17,18)19/h3-9,20H,10H2,1-2H3. The molecule has 0 saturated carbocycles. The molecule has 2 aromatic rings. The van der Waals surface area contributed by atoms with Gasteiger partial charge in [-0.1, -0.05) is 24.3 Å². The molecule has 1 N–H and O–H groups in total. The van der Waals surface area contributed by atoms with E-state index in [0.29, 0.717) is 6.54 Å². The highest BCUT2D eigenvalue weighted by molar-refractivity contribution is 5.52. The van der Waals surface area contributed by atoms with Crippen molar-refractivity contribution in [3.63, 3.8) is 0 Å². The van der Waals surface area contributed by atoms with E-state index in [1.54, 1.807) is 0 Å². The number of benzene rings is 2. The maximum absolute atomic E-state index is 12.5. The highest BCUT2D eigenvalue weighted by atomic mass is 19.4. The summed E-state index contributed by atoms with van der Waals surface area (Å²) in [6.45, 7) is 4.50. The molecule has 0 radical (unpaired) electrons. The van der Waals surface area contributed by atoms with Crippen LogP contribution in [0.5, 0.6) is 0 Å². The Bertz CT molecular complexity index is 586. The first-order valence-electron chi connectivity index (χ1n) is 6.33. The molecule has 2 aromatic carbocycles. The van der Waals surface area contributed by atoms with Gasteiger partial charge in [-0.3, -0.25) is 0 Å². The van der Waals surface area contributed by atoms with E-state index in [2.05, 4.69) is 5.32 Å². The highest BCUT2D eigenvalue weighted by Gasteiger charge is 2.29. The molecule has 20 heavy (non-hydrogen) atoms. The number of alkyl halides is 3. The van der Waals surface area contributed by atoms with Crippen molar-refractivity contribution in [2.75, 3.05) is 5.32 Å². The lowest BCUT2D eigenvalue weighted by Gasteiger charge is -2.11. The lowest BCUT2D eigenvalue weighted by atomic mass is 10.1. The van der Waals surface area contributed by atoms with Crippen molar-refractivity contribution in [2.45, 2.75) is 26.6 Å². The average Bonchev–Trinajstić information content (AvgIpc) is 2.39. The Morgan fingerprint density at radius 1 is 0.950 bits per heavy atom. The monoisotopic (exact) mass is 279 g/mol. The fourth-order valence-electron chi connectivity index (χ4n) is 1.94. The summed E-state index contributed by atoms with van der Waals surface area (Å²) in [5.74, 6) is 0. The van der Waals surface area contributed by atoms with Gasteiger partial charge in [0.1, 0.15) is 0 Å². The average molecular weight is 279 g/mol. The van der Waals surface area contributed by atoms with Crippen molar-refractivity contribution >= 4 is 5.69 Å². The van der Waals surface area contributed by atoms with Crippen LogP contribution in [0, 0.1) is 13.8 Å². The third-order valence-electron chi connectivity index (χ3n) is 3.16. The Hall–Kier alpha value is -1.97. The largest absolute Gasteiger partial charge is 0.416 e. The van der Waals surface area contributed by atoms with Crippen molar-refractivity contribution in [3.05, 3.63) is 64.7 Å².